The molecule has 0 radical (unpaired) electrons. The van der Waals surface area contributed by atoms with Crippen LogP contribution in [0.4, 0.5) is 5.69 Å². The molecule has 7 nitrogen and oxygen atoms in total. The molecule has 1 aromatic heterocycles. The summed E-state index contributed by atoms with van der Waals surface area (Å²) >= 11 is 0. The maximum atomic E-state index is 12.2. The lowest BCUT2D eigenvalue weighted by Crippen LogP contribution is -2.21. The largest absolute Gasteiger partial charge is 0.439 e. The van der Waals surface area contributed by atoms with Gasteiger partial charge in [0, 0.05) is 31.3 Å². The lowest BCUT2D eigenvalue weighted by atomic mass is 10.1. The van der Waals surface area contributed by atoms with Gasteiger partial charge in [0.05, 0.1) is 23.5 Å². The molecule has 3 aromatic rings. The molecule has 0 fully saturated rings. The number of rotatable bonds is 5. The third-order valence-electron chi connectivity index (χ3n) is 4.00. The van der Waals surface area contributed by atoms with Gasteiger partial charge in [0.1, 0.15) is 5.75 Å². The molecular formula is C22H18N4O3. The van der Waals surface area contributed by atoms with Crippen LogP contribution >= 0.6 is 0 Å². The van der Waals surface area contributed by atoms with Crippen LogP contribution in [-0.4, -0.2) is 35.8 Å². The van der Waals surface area contributed by atoms with Crippen molar-refractivity contribution >= 4 is 17.5 Å². The van der Waals surface area contributed by atoms with E-state index in [0.29, 0.717) is 34.0 Å². The molecule has 0 bridgehead atoms. The zero-order chi connectivity index (χ0) is 20.8. The average Bonchev–Trinajstić information content (AvgIpc) is 2.75. The van der Waals surface area contributed by atoms with Gasteiger partial charge in [0.15, 0.2) is 0 Å². The first-order valence-electron chi connectivity index (χ1n) is 8.73. The minimum Gasteiger partial charge on any atom is -0.439 e. The third kappa shape index (κ3) is 4.96. The van der Waals surface area contributed by atoms with Crippen molar-refractivity contribution in [2.75, 3.05) is 19.4 Å². The molecule has 0 spiro atoms. The minimum absolute atomic E-state index is 0.0861. The van der Waals surface area contributed by atoms with Gasteiger partial charge in [-0.05, 0) is 54.6 Å². The molecule has 0 atom stereocenters. The Morgan fingerprint density at radius 2 is 1.62 bits per heavy atom. The van der Waals surface area contributed by atoms with Crippen LogP contribution in [0.5, 0.6) is 11.6 Å². The van der Waals surface area contributed by atoms with Crippen molar-refractivity contribution in [2.45, 2.75) is 0 Å². The minimum atomic E-state index is -0.300. The average molecular weight is 386 g/mol. The number of carbonyl (C=O) groups excluding carboxylic acids is 2. The van der Waals surface area contributed by atoms with Crippen molar-refractivity contribution < 1.29 is 14.3 Å². The highest BCUT2D eigenvalue weighted by molar-refractivity contribution is 6.04. The molecule has 0 aliphatic heterocycles. The van der Waals surface area contributed by atoms with Crippen molar-refractivity contribution in [1.82, 2.24) is 9.88 Å². The van der Waals surface area contributed by atoms with Gasteiger partial charge >= 0.3 is 0 Å². The molecule has 0 unspecified atom stereocenters. The summed E-state index contributed by atoms with van der Waals surface area (Å²) in [4.78, 5) is 29.8. The van der Waals surface area contributed by atoms with Crippen molar-refractivity contribution in [3.05, 3.63) is 83.6 Å². The number of nitriles is 1. The molecule has 0 aliphatic rings. The van der Waals surface area contributed by atoms with E-state index >= 15 is 0 Å². The number of carbonyl (C=O) groups is 2. The summed E-state index contributed by atoms with van der Waals surface area (Å²) in [5, 5.41) is 11.5. The summed E-state index contributed by atoms with van der Waals surface area (Å²) in [5.74, 6) is 0.512. The fourth-order valence-corrected chi connectivity index (χ4v) is 2.46. The van der Waals surface area contributed by atoms with Crippen LogP contribution in [-0.2, 0) is 0 Å². The van der Waals surface area contributed by atoms with E-state index in [0.717, 1.165) is 0 Å². The second-order valence-electron chi connectivity index (χ2n) is 6.35. The normalized spacial score (nSPS) is 9.97. The van der Waals surface area contributed by atoms with Gasteiger partial charge in [-0.15, -0.1) is 0 Å². The van der Waals surface area contributed by atoms with Crippen LogP contribution in [0.1, 0.15) is 26.3 Å². The Balaban J connectivity index is 1.62. The fourth-order valence-electron chi connectivity index (χ4n) is 2.46. The summed E-state index contributed by atoms with van der Waals surface area (Å²) in [5.41, 5.74) is 2.01. The van der Waals surface area contributed by atoms with Crippen LogP contribution in [0.25, 0.3) is 0 Å². The fraction of sp³-hybridized carbons (Fsp3) is 0.0909. The van der Waals surface area contributed by atoms with Crippen LogP contribution in [0.3, 0.4) is 0 Å². The van der Waals surface area contributed by atoms with E-state index in [1.807, 2.05) is 6.07 Å². The van der Waals surface area contributed by atoms with Crippen LogP contribution in [0.2, 0.25) is 0 Å². The SMILES string of the molecule is CN(C)C(=O)c1ccc(Oc2ccc(NC(=O)c3ccc(C#N)cc3)cn2)cc1. The number of ether oxygens (including phenoxy) is 1. The number of aromatic nitrogens is 1. The second kappa shape index (κ2) is 8.67. The Kier molecular flexibility index (Phi) is 5.85. The van der Waals surface area contributed by atoms with E-state index in [9.17, 15) is 9.59 Å². The van der Waals surface area contributed by atoms with Crippen LogP contribution < -0.4 is 10.1 Å². The topological polar surface area (TPSA) is 95.3 Å². The highest BCUT2D eigenvalue weighted by atomic mass is 16.5. The van der Waals surface area contributed by atoms with Crippen LogP contribution in [0, 0.1) is 11.3 Å². The van der Waals surface area contributed by atoms with Gasteiger partial charge in [-0.3, -0.25) is 9.59 Å². The van der Waals surface area contributed by atoms with E-state index in [1.165, 1.54) is 11.1 Å². The van der Waals surface area contributed by atoms with Crippen LogP contribution in [0.15, 0.2) is 66.9 Å². The number of hydrogen-bond donors (Lipinski definition) is 1. The van der Waals surface area contributed by atoms with E-state index in [1.54, 1.807) is 74.8 Å². The monoisotopic (exact) mass is 386 g/mol. The van der Waals surface area contributed by atoms with E-state index < -0.39 is 0 Å². The first-order chi connectivity index (χ1) is 14.0. The lowest BCUT2D eigenvalue weighted by molar-refractivity contribution is 0.0827. The number of nitrogens with zero attached hydrogens (tertiary/aromatic N) is 3. The van der Waals surface area contributed by atoms with Gasteiger partial charge in [0.25, 0.3) is 11.8 Å². The molecule has 0 aliphatic carbocycles. The van der Waals surface area contributed by atoms with Gasteiger partial charge in [-0.2, -0.15) is 5.26 Å². The highest BCUT2D eigenvalue weighted by Crippen LogP contribution is 2.21. The summed E-state index contributed by atoms with van der Waals surface area (Å²) in [7, 11) is 3.39. The van der Waals surface area contributed by atoms with Gasteiger partial charge in [-0.1, -0.05) is 0 Å². The van der Waals surface area contributed by atoms with E-state index in [2.05, 4.69) is 10.3 Å². The molecule has 1 N–H and O–H groups in total. The van der Waals surface area contributed by atoms with E-state index in [-0.39, 0.29) is 11.8 Å². The Bertz CT molecular complexity index is 1050. The smallest absolute Gasteiger partial charge is 0.255 e. The van der Waals surface area contributed by atoms with Gasteiger partial charge < -0.3 is 15.0 Å². The summed E-state index contributed by atoms with van der Waals surface area (Å²) < 4.78 is 5.66. The Labute approximate surface area is 168 Å². The Morgan fingerprint density at radius 3 is 2.17 bits per heavy atom. The lowest BCUT2D eigenvalue weighted by Gasteiger charge is -2.11. The van der Waals surface area contributed by atoms with E-state index in [4.69, 9.17) is 10.00 Å². The number of pyridine rings is 1. The number of anilines is 1. The molecule has 29 heavy (non-hydrogen) atoms. The molecule has 2 amide bonds. The molecule has 144 valence electrons. The maximum Gasteiger partial charge on any atom is 0.255 e. The first-order valence-corrected chi connectivity index (χ1v) is 8.73. The van der Waals surface area contributed by atoms with Crippen molar-refractivity contribution in [3.63, 3.8) is 0 Å². The number of nitrogens with one attached hydrogen (secondary N) is 1. The molecule has 7 heteroatoms. The van der Waals surface area contributed by atoms with Crippen molar-refractivity contribution in [3.8, 4) is 17.7 Å². The van der Waals surface area contributed by atoms with Gasteiger partial charge in [0.2, 0.25) is 5.88 Å². The number of hydrogen-bond acceptors (Lipinski definition) is 5. The molecule has 3 rings (SSSR count). The predicted octanol–water partition coefficient (Wildman–Crippen LogP) is 3.70. The molecule has 1 heterocycles. The zero-order valence-electron chi connectivity index (χ0n) is 15.9. The molecule has 2 aromatic carbocycles. The van der Waals surface area contributed by atoms with Crippen molar-refractivity contribution in [1.29, 1.82) is 5.26 Å². The summed E-state index contributed by atoms with van der Waals surface area (Å²) in [6.07, 6.45) is 1.49. The first kappa shape index (κ1) is 19.6. The molecule has 0 saturated heterocycles. The predicted molar refractivity (Wildman–Crippen MR) is 108 cm³/mol. The standard InChI is InChI=1S/C22H18N4O3/c1-26(2)22(28)17-7-10-19(11-8-17)29-20-12-9-18(14-24-20)25-21(27)16-5-3-15(13-23)4-6-16/h3-12,14H,1-2H3,(H,25,27). The Hall–Kier alpha value is -4.18. The Morgan fingerprint density at radius 1 is 0.966 bits per heavy atom. The number of benzene rings is 2. The molecule has 0 saturated carbocycles. The van der Waals surface area contributed by atoms with Crippen molar-refractivity contribution in [2.24, 2.45) is 0 Å². The summed E-state index contributed by atoms with van der Waals surface area (Å²) in [6, 6.07) is 18.4. The van der Waals surface area contributed by atoms with Gasteiger partial charge in [-0.25, -0.2) is 4.98 Å². The summed E-state index contributed by atoms with van der Waals surface area (Å²) in [6.45, 7) is 0. The highest BCUT2D eigenvalue weighted by Gasteiger charge is 2.09. The third-order valence-corrected chi connectivity index (χ3v) is 4.00. The quantitative estimate of drug-likeness (QED) is 0.721. The zero-order valence-corrected chi connectivity index (χ0v) is 15.9. The maximum absolute atomic E-state index is 12.2. The number of amides is 2. The molecular weight excluding hydrogens is 368 g/mol. The second-order valence-corrected chi connectivity index (χ2v) is 6.35.